The molecule has 0 fully saturated rings. The predicted octanol–water partition coefficient (Wildman–Crippen LogP) is 3.15. The van der Waals surface area contributed by atoms with Crippen LogP contribution in [0.3, 0.4) is 0 Å². The maximum absolute atomic E-state index is 12.5. The molecule has 7 heteroatoms. The number of nitrogens with zero attached hydrogens (tertiary/aromatic N) is 2. The molecule has 4 rings (SSSR count). The molecule has 0 radical (unpaired) electrons. The Morgan fingerprint density at radius 3 is 2.79 bits per heavy atom. The number of anilines is 2. The van der Waals surface area contributed by atoms with E-state index < -0.39 is 6.04 Å². The topological polar surface area (TPSA) is 76.0 Å². The van der Waals surface area contributed by atoms with E-state index in [2.05, 4.69) is 15.6 Å². The molecule has 0 saturated heterocycles. The van der Waals surface area contributed by atoms with Crippen molar-refractivity contribution in [3.63, 3.8) is 0 Å². The molecule has 1 aliphatic heterocycles. The van der Waals surface area contributed by atoms with E-state index in [4.69, 9.17) is 11.6 Å². The second-order valence-electron chi connectivity index (χ2n) is 5.52. The lowest BCUT2D eigenvalue weighted by Crippen LogP contribution is -2.42. The standard InChI is InChI=1S/C17H13ClN4O2/c18-10-5-1-2-6-11(10)19-16(24)13-9-15(23)22-14-8-4-3-7-12(14)20-17(22)21-13/h1-8,13H,9H2,(H,19,24)(H,20,21)/t13-/m1/s1. The van der Waals surface area contributed by atoms with Gasteiger partial charge in [-0.3, -0.25) is 9.59 Å². The number of hydrogen-bond acceptors (Lipinski definition) is 4. The zero-order valence-electron chi connectivity index (χ0n) is 12.5. The van der Waals surface area contributed by atoms with Gasteiger partial charge in [0.25, 0.3) is 0 Å². The van der Waals surface area contributed by atoms with Crippen molar-refractivity contribution in [2.45, 2.75) is 12.5 Å². The molecule has 1 aliphatic rings. The van der Waals surface area contributed by atoms with Gasteiger partial charge < -0.3 is 10.6 Å². The number of halogens is 1. The van der Waals surface area contributed by atoms with E-state index >= 15 is 0 Å². The number of rotatable bonds is 2. The first-order valence-electron chi connectivity index (χ1n) is 7.46. The number of carbonyl (C=O) groups is 2. The number of benzene rings is 2. The fourth-order valence-electron chi connectivity index (χ4n) is 2.79. The monoisotopic (exact) mass is 340 g/mol. The molecule has 0 saturated carbocycles. The summed E-state index contributed by atoms with van der Waals surface area (Å²) in [6, 6.07) is 13.6. The number of hydrogen-bond donors (Lipinski definition) is 2. The summed E-state index contributed by atoms with van der Waals surface area (Å²) in [5.41, 5.74) is 1.95. The fourth-order valence-corrected chi connectivity index (χ4v) is 2.97. The van der Waals surface area contributed by atoms with Gasteiger partial charge in [0, 0.05) is 0 Å². The summed E-state index contributed by atoms with van der Waals surface area (Å²) in [7, 11) is 0. The Morgan fingerprint density at radius 2 is 1.96 bits per heavy atom. The number of imidazole rings is 1. The van der Waals surface area contributed by atoms with Gasteiger partial charge in [-0.25, -0.2) is 9.55 Å². The van der Waals surface area contributed by atoms with Crippen LogP contribution < -0.4 is 10.6 Å². The van der Waals surface area contributed by atoms with Crippen LogP contribution in [0.1, 0.15) is 11.2 Å². The summed E-state index contributed by atoms with van der Waals surface area (Å²) in [6.45, 7) is 0. The molecule has 2 aromatic carbocycles. The summed E-state index contributed by atoms with van der Waals surface area (Å²) in [5, 5.41) is 6.22. The van der Waals surface area contributed by atoms with Crippen LogP contribution in [-0.2, 0) is 4.79 Å². The molecule has 1 aromatic heterocycles. The van der Waals surface area contributed by atoms with Crippen molar-refractivity contribution in [2.75, 3.05) is 10.6 Å². The van der Waals surface area contributed by atoms with Gasteiger partial charge in [0.1, 0.15) is 6.04 Å². The molecule has 6 nitrogen and oxygen atoms in total. The Bertz CT molecular complexity index is 966. The first-order chi connectivity index (χ1) is 11.6. The molecule has 120 valence electrons. The third-order valence-electron chi connectivity index (χ3n) is 3.94. The van der Waals surface area contributed by atoms with Crippen LogP contribution in [0.2, 0.25) is 5.02 Å². The molecule has 0 unspecified atom stereocenters. The molecule has 1 atom stereocenters. The number of fused-ring (bicyclic) bond motifs is 3. The highest BCUT2D eigenvalue weighted by Gasteiger charge is 2.31. The van der Waals surface area contributed by atoms with Crippen LogP contribution in [0, 0.1) is 0 Å². The van der Waals surface area contributed by atoms with E-state index in [-0.39, 0.29) is 18.2 Å². The number of aromatic nitrogens is 2. The van der Waals surface area contributed by atoms with Crippen molar-refractivity contribution in [2.24, 2.45) is 0 Å². The Hall–Kier alpha value is -2.86. The maximum atomic E-state index is 12.5. The lowest BCUT2D eigenvalue weighted by atomic mass is 10.1. The molecular formula is C17H13ClN4O2. The van der Waals surface area contributed by atoms with Crippen molar-refractivity contribution < 1.29 is 9.59 Å². The van der Waals surface area contributed by atoms with Crippen LogP contribution in [0.25, 0.3) is 11.0 Å². The van der Waals surface area contributed by atoms with Crippen molar-refractivity contribution in [3.8, 4) is 0 Å². The van der Waals surface area contributed by atoms with Gasteiger partial charge in [-0.2, -0.15) is 0 Å². The van der Waals surface area contributed by atoms with Gasteiger partial charge in [-0.05, 0) is 24.3 Å². The van der Waals surface area contributed by atoms with E-state index in [1.54, 1.807) is 24.3 Å². The molecule has 2 N–H and O–H groups in total. The third-order valence-corrected chi connectivity index (χ3v) is 4.27. The zero-order chi connectivity index (χ0) is 16.7. The Labute approximate surface area is 142 Å². The minimum atomic E-state index is -0.696. The van der Waals surface area contributed by atoms with E-state index in [0.29, 0.717) is 22.2 Å². The SMILES string of the molecule is O=C(Nc1ccccc1Cl)[C@H]1CC(=O)n2c(nc3ccccc32)N1. The number of carbonyl (C=O) groups excluding carboxylic acids is 2. The second-order valence-corrected chi connectivity index (χ2v) is 5.93. The van der Waals surface area contributed by atoms with Crippen molar-refractivity contribution in [1.29, 1.82) is 0 Å². The second kappa shape index (κ2) is 5.65. The lowest BCUT2D eigenvalue weighted by Gasteiger charge is -2.24. The molecule has 0 aliphatic carbocycles. The lowest BCUT2D eigenvalue weighted by molar-refractivity contribution is -0.117. The van der Waals surface area contributed by atoms with E-state index in [1.807, 2.05) is 24.3 Å². The third kappa shape index (κ3) is 2.41. The van der Waals surface area contributed by atoms with Gasteiger partial charge in [0.15, 0.2) is 0 Å². The molecular weight excluding hydrogens is 328 g/mol. The molecule has 2 heterocycles. The fraction of sp³-hybridized carbons (Fsp3) is 0.118. The average Bonchev–Trinajstić information content (AvgIpc) is 2.95. The van der Waals surface area contributed by atoms with Crippen LogP contribution in [0.5, 0.6) is 0 Å². The van der Waals surface area contributed by atoms with Gasteiger partial charge in [-0.15, -0.1) is 0 Å². The highest BCUT2D eigenvalue weighted by atomic mass is 35.5. The smallest absolute Gasteiger partial charge is 0.247 e. The Balaban J connectivity index is 1.62. The van der Waals surface area contributed by atoms with Crippen molar-refractivity contribution in [3.05, 3.63) is 53.6 Å². The molecule has 0 spiro atoms. The quantitative estimate of drug-likeness (QED) is 0.751. The summed E-state index contributed by atoms with van der Waals surface area (Å²) in [5.74, 6) is -0.113. The molecule has 3 aromatic rings. The van der Waals surface area contributed by atoms with Gasteiger partial charge in [-0.1, -0.05) is 35.9 Å². The normalized spacial score (nSPS) is 16.5. The highest BCUT2D eigenvalue weighted by Crippen LogP contribution is 2.26. The van der Waals surface area contributed by atoms with Gasteiger partial charge in [0.2, 0.25) is 17.8 Å². The Morgan fingerprint density at radius 1 is 1.21 bits per heavy atom. The van der Waals surface area contributed by atoms with Gasteiger partial charge in [0.05, 0.1) is 28.2 Å². The first kappa shape index (κ1) is 14.7. The van der Waals surface area contributed by atoms with Gasteiger partial charge >= 0.3 is 0 Å². The van der Waals surface area contributed by atoms with Crippen LogP contribution in [0.15, 0.2) is 48.5 Å². The minimum absolute atomic E-state index is 0.0453. The predicted molar refractivity (Wildman–Crippen MR) is 92.5 cm³/mol. The highest BCUT2D eigenvalue weighted by molar-refractivity contribution is 6.33. The van der Waals surface area contributed by atoms with Crippen molar-refractivity contribution >= 4 is 46.1 Å². The molecule has 1 amide bonds. The van der Waals surface area contributed by atoms with E-state index in [9.17, 15) is 9.59 Å². The van der Waals surface area contributed by atoms with Crippen LogP contribution in [0.4, 0.5) is 11.6 Å². The number of amides is 1. The summed E-state index contributed by atoms with van der Waals surface area (Å²) in [6.07, 6.45) is 0.0453. The minimum Gasteiger partial charge on any atom is -0.343 e. The van der Waals surface area contributed by atoms with Crippen LogP contribution >= 0.6 is 11.6 Å². The summed E-state index contributed by atoms with van der Waals surface area (Å²) in [4.78, 5) is 29.3. The van der Waals surface area contributed by atoms with E-state index in [1.165, 1.54) is 4.57 Å². The molecule has 24 heavy (non-hydrogen) atoms. The largest absolute Gasteiger partial charge is 0.343 e. The molecule has 0 bridgehead atoms. The zero-order valence-corrected chi connectivity index (χ0v) is 13.2. The number of para-hydroxylation sites is 3. The average molecular weight is 341 g/mol. The Kier molecular flexibility index (Phi) is 3.46. The van der Waals surface area contributed by atoms with Crippen molar-refractivity contribution in [1.82, 2.24) is 9.55 Å². The summed E-state index contributed by atoms with van der Waals surface area (Å²) < 4.78 is 1.51. The summed E-state index contributed by atoms with van der Waals surface area (Å²) >= 11 is 6.05. The van der Waals surface area contributed by atoms with E-state index in [0.717, 1.165) is 5.52 Å². The number of nitrogens with one attached hydrogen (secondary N) is 2. The first-order valence-corrected chi connectivity index (χ1v) is 7.84. The maximum Gasteiger partial charge on any atom is 0.247 e. The van der Waals surface area contributed by atoms with Crippen LogP contribution in [-0.4, -0.2) is 27.4 Å².